The van der Waals surface area contributed by atoms with E-state index >= 15 is 4.39 Å². The van der Waals surface area contributed by atoms with E-state index in [2.05, 4.69) is 21.3 Å². The summed E-state index contributed by atoms with van der Waals surface area (Å²) in [4.78, 5) is 16.5. The topological polar surface area (TPSA) is 72.4 Å². The first kappa shape index (κ1) is 24.8. The van der Waals surface area contributed by atoms with Crippen LogP contribution in [0.5, 0.6) is 5.75 Å². The SMILES string of the molecule is COc1ccccc1-c1ncc(N2CCOCC2)cc1Nc1c(C)c(-c2ccccn2)nc2cccc(F)c12. The first-order valence-corrected chi connectivity index (χ1v) is 12.9. The van der Waals surface area contributed by atoms with E-state index in [1.54, 1.807) is 19.4 Å². The third-order valence-corrected chi connectivity index (χ3v) is 6.98. The zero-order chi connectivity index (χ0) is 26.8. The summed E-state index contributed by atoms with van der Waals surface area (Å²) in [7, 11) is 1.64. The van der Waals surface area contributed by atoms with Crippen LogP contribution in [0.3, 0.4) is 0 Å². The number of para-hydroxylation sites is 1. The fourth-order valence-corrected chi connectivity index (χ4v) is 5.01. The zero-order valence-corrected chi connectivity index (χ0v) is 21.8. The van der Waals surface area contributed by atoms with Gasteiger partial charge in [0.05, 0.1) is 71.6 Å². The molecule has 0 amide bonds. The smallest absolute Gasteiger partial charge is 0.134 e. The number of fused-ring (bicyclic) bond motifs is 1. The number of anilines is 3. The highest BCUT2D eigenvalue weighted by Gasteiger charge is 2.21. The van der Waals surface area contributed by atoms with E-state index in [1.807, 2.05) is 61.7 Å². The summed E-state index contributed by atoms with van der Waals surface area (Å²) in [5.74, 6) is 0.346. The van der Waals surface area contributed by atoms with Crippen LogP contribution in [0.2, 0.25) is 0 Å². The lowest BCUT2D eigenvalue weighted by Crippen LogP contribution is -2.36. The van der Waals surface area contributed by atoms with Crippen molar-refractivity contribution in [1.29, 1.82) is 0 Å². The molecule has 7 nitrogen and oxygen atoms in total. The molecule has 1 aliphatic heterocycles. The highest BCUT2D eigenvalue weighted by molar-refractivity contribution is 5.99. The molecule has 8 heteroatoms. The minimum Gasteiger partial charge on any atom is -0.496 e. The van der Waals surface area contributed by atoms with E-state index in [1.165, 1.54) is 6.07 Å². The molecule has 4 heterocycles. The average Bonchev–Trinajstić information content (AvgIpc) is 2.99. The van der Waals surface area contributed by atoms with Crippen LogP contribution in [0.1, 0.15) is 5.56 Å². The highest BCUT2D eigenvalue weighted by Crippen LogP contribution is 2.41. The number of nitrogens with one attached hydrogen (secondary N) is 1. The Morgan fingerprint density at radius 2 is 1.77 bits per heavy atom. The Morgan fingerprint density at radius 1 is 0.949 bits per heavy atom. The second-order valence-electron chi connectivity index (χ2n) is 9.32. The maximum atomic E-state index is 15.4. The molecule has 3 aromatic heterocycles. The van der Waals surface area contributed by atoms with Gasteiger partial charge in [-0.15, -0.1) is 0 Å². The molecule has 0 aliphatic carbocycles. The summed E-state index contributed by atoms with van der Waals surface area (Å²) in [6.07, 6.45) is 3.60. The van der Waals surface area contributed by atoms with Crippen molar-refractivity contribution in [3.63, 3.8) is 0 Å². The molecule has 1 saturated heterocycles. The van der Waals surface area contributed by atoms with Gasteiger partial charge in [-0.25, -0.2) is 9.37 Å². The van der Waals surface area contributed by atoms with Gasteiger partial charge < -0.3 is 19.7 Å². The number of nitrogens with zero attached hydrogens (tertiary/aromatic N) is 4. The lowest BCUT2D eigenvalue weighted by atomic mass is 10.0. The summed E-state index contributed by atoms with van der Waals surface area (Å²) in [6.45, 7) is 4.79. The van der Waals surface area contributed by atoms with Crippen LogP contribution < -0.4 is 15.0 Å². The predicted octanol–water partition coefficient (Wildman–Crippen LogP) is 6.40. The first-order valence-electron chi connectivity index (χ1n) is 12.9. The van der Waals surface area contributed by atoms with Gasteiger partial charge in [-0.1, -0.05) is 24.3 Å². The Hall–Kier alpha value is -4.56. The molecule has 5 aromatic rings. The van der Waals surface area contributed by atoms with Crippen molar-refractivity contribution in [1.82, 2.24) is 15.0 Å². The summed E-state index contributed by atoms with van der Waals surface area (Å²) < 4.78 is 26.6. The van der Waals surface area contributed by atoms with E-state index < -0.39 is 0 Å². The zero-order valence-electron chi connectivity index (χ0n) is 21.8. The number of morpholine rings is 1. The molecule has 2 aromatic carbocycles. The van der Waals surface area contributed by atoms with E-state index in [9.17, 15) is 0 Å². The number of pyridine rings is 3. The normalized spacial score (nSPS) is 13.5. The fourth-order valence-electron chi connectivity index (χ4n) is 5.01. The van der Waals surface area contributed by atoms with Crippen molar-refractivity contribution in [2.75, 3.05) is 43.6 Å². The van der Waals surface area contributed by atoms with E-state index in [4.69, 9.17) is 19.4 Å². The van der Waals surface area contributed by atoms with Crippen molar-refractivity contribution in [3.8, 4) is 28.4 Å². The van der Waals surface area contributed by atoms with Gasteiger partial charge in [-0.2, -0.15) is 0 Å². The minimum atomic E-state index is -0.352. The van der Waals surface area contributed by atoms with Crippen molar-refractivity contribution >= 4 is 28.0 Å². The maximum Gasteiger partial charge on any atom is 0.134 e. The number of methoxy groups -OCH3 is 1. The van der Waals surface area contributed by atoms with Gasteiger partial charge in [0.15, 0.2) is 0 Å². The second kappa shape index (κ2) is 10.7. The minimum absolute atomic E-state index is 0.352. The van der Waals surface area contributed by atoms with E-state index in [0.29, 0.717) is 52.6 Å². The van der Waals surface area contributed by atoms with Crippen LogP contribution in [0.25, 0.3) is 33.5 Å². The Balaban J connectivity index is 1.57. The lowest BCUT2D eigenvalue weighted by Gasteiger charge is -2.29. The van der Waals surface area contributed by atoms with Gasteiger partial charge in [0.2, 0.25) is 0 Å². The van der Waals surface area contributed by atoms with Crippen LogP contribution in [-0.2, 0) is 4.74 Å². The molecule has 0 atom stereocenters. The van der Waals surface area contributed by atoms with Gasteiger partial charge in [-0.3, -0.25) is 9.97 Å². The number of ether oxygens (including phenoxy) is 2. The molecule has 1 aliphatic rings. The van der Waals surface area contributed by atoms with Crippen LogP contribution in [-0.4, -0.2) is 48.4 Å². The van der Waals surface area contributed by atoms with Crippen molar-refractivity contribution in [2.45, 2.75) is 6.92 Å². The Morgan fingerprint density at radius 3 is 2.56 bits per heavy atom. The third-order valence-electron chi connectivity index (χ3n) is 6.98. The highest BCUT2D eigenvalue weighted by atomic mass is 19.1. The first-order chi connectivity index (χ1) is 19.1. The molecular weight excluding hydrogens is 493 g/mol. The molecule has 0 radical (unpaired) electrons. The average molecular weight is 522 g/mol. The quantitative estimate of drug-likeness (QED) is 0.277. The van der Waals surface area contributed by atoms with Crippen LogP contribution in [0, 0.1) is 12.7 Å². The molecule has 0 bridgehead atoms. The summed E-state index contributed by atoms with van der Waals surface area (Å²) in [6, 6.07) is 20.4. The molecule has 1 fully saturated rings. The van der Waals surface area contributed by atoms with Crippen LogP contribution in [0.4, 0.5) is 21.5 Å². The van der Waals surface area contributed by atoms with Gasteiger partial charge in [0.25, 0.3) is 0 Å². The van der Waals surface area contributed by atoms with Gasteiger partial charge in [-0.05, 0) is 49.4 Å². The third kappa shape index (κ3) is 4.75. The van der Waals surface area contributed by atoms with Crippen LogP contribution in [0.15, 0.2) is 79.1 Å². The molecule has 0 saturated carbocycles. The number of aromatic nitrogens is 3. The molecule has 39 heavy (non-hydrogen) atoms. The predicted molar refractivity (Wildman–Crippen MR) is 152 cm³/mol. The molecule has 0 spiro atoms. The van der Waals surface area contributed by atoms with Gasteiger partial charge in [0.1, 0.15) is 11.6 Å². The van der Waals surface area contributed by atoms with Crippen molar-refractivity contribution < 1.29 is 13.9 Å². The van der Waals surface area contributed by atoms with E-state index in [-0.39, 0.29) is 5.82 Å². The molecule has 6 rings (SSSR count). The van der Waals surface area contributed by atoms with Crippen molar-refractivity contribution in [2.24, 2.45) is 0 Å². The second-order valence-corrected chi connectivity index (χ2v) is 9.32. The number of rotatable bonds is 6. The summed E-state index contributed by atoms with van der Waals surface area (Å²) in [5.41, 5.74) is 6.57. The molecular formula is C31H28FN5O2. The standard InChI is InChI=1S/C31H28FN5O2/c1-20-29(25-10-5-6-13-33-25)35-24-11-7-9-23(32)28(24)30(20)36-26-18-21(37-14-16-39-17-15-37)19-34-31(26)22-8-3-4-12-27(22)38-2/h3-13,18-19H,14-17H2,1-2H3,(H,35,36). The van der Waals surface area contributed by atoms with Crippen LogP contribution >= 0.6 is 0 Å². The number of hydrogen-bond acceptors (Lipinski definition) is 7. The maximum absolute atomic E-state index is 15.4. The Labute approximate surface area is 226 Å². The molecule has 0 unspecified atom stereocenters. The number of hydrogen-bond donors (Lipinski definition) is 1. The number of halogens is 1. The summed E-state index contributed by atoms with van der Waals surface area (Å²) >= 11 is 0. The van der Waals surface area contributed by atoms with Gasteiger partial charge >= 0.3 is 0 Å². The molecule has 1 N–H and O–H groups in total. The molecule has 196 valence electrons. The largest absolute Gasteiger partial charge is 0.496 e. The lowest BCUT2D eigenvalue weighted by molar-refractivity contribution is 0.122. The Kier molecular flexibility index (Phi) is 6.77. The van der Waals surface area contributed by atoms with Gasteiger partial charge in [0, 0.05) is 30.4 Å². The van der Waals surface area contributed by atoms with Crippen molar-refractivity contribution in [3.05, 3.63) is 90.5 Å². The van der Waals surface area contributed by atoms with E-state index in [0.717, 1.165) is 35.6 Å². The summed E-state index contributed by atoms with van der Waals surface area (Å²) in [5, 5.41) is 3.99. The monoisotopic (exact) mass is 521 g/mol. The fraction of sp³-hybridized carbons (Fsp3) is 0.194. The number of benzene rings is 2. The Bertz CT molecular complexity index is 1640.